The molecule has 0 amide bonds. The van der Waals surface area contributed by atoms with Gasteiger partial charge in [0.1, 0.15) is 5.69 Å². The molecular weight excluding hydrogens is 205 g/mol. The Balaban J connectivity index is 2.96. The number of benzene rings is 2. The van der Waals surface area contributed by atoms with Crippen molar-refractivity contribution in [2.45, 2.75) is 0 Å². The molecule has 3 N–H and O–H groups in total. The number of nitrogens with one attached hydrogen (secondary N) is 1. The minimum absolute atomic E-state index is 0.00986. The lowest BCUT2D eigenvalue weighted by Gasteiger charge is -2.08. The van der Waals surface area contributed by atoms with Crippen molar-refractivity contribution in [1.29, 1.82) is 0 Å². The average molecular weight is 212 g/mol. The SMILES string of the molecule is NNc1c(F)c(F)c2ccccc2c1F. The minimum Gasteiger partial charge on any atom is -0.319 e. The summed E-state index contributed by atoms with van der Waals surface area (Å²) in [6.45, 7) is 0. The van der Waals surface area contributed by atoms with Crippen LogP contribution in [0.1, 0.15) is 0 Å². The van der Waals surface area contributed by atoms with Gasteiger partial charge in [-0.25, -0.2) is 13.2 Å². The summed E-state index contributed by atoms with van der Waals surface area (Å²) in [5.41, 5.74) is 1.15. The quantitative estimate of drug-likeness (QED) is 0.433. The Hall–Kier alpha value is -1.75. The summed E-state index contributed by atoms with van der Waals surface area (Å²) in [5.74, 6) is 1.60. The van der Waals surface area contributed by atoms with Crippen LogP contribution < -0.4 is 11.3 Å². The molecule has 78 valence electrons. The first kappa shape index (κ1) is 9.79. The maximum Gasteiger partial charge on any atom is 0.186 e. The molecule has 0 fully saturated rings. The second-order valence-electron chi connectivity index (χ2n) is 3.01. The number of anilines is 1. The Bertz CT molecular complexity index is 526. The van der Waals surface area contributed by atoms with Gasteiger partial charge in [-0.3, -0.25) is 5.84 Å². The van der Waals surface area contributed by atoms with Gasteiger partial charge in [-0.05, 0) is 0 Å². The number of halogens is 3. The Kier molecular flexibility index (Phi) is 2.24. The predicted molar refractivity (Wildman–Crippen MR) is 51.6 cm³/mol. The Morgan fingerprint density at radius 3 is 1.93 bits per heavy atom. The van der Waals surface area contributed by atoms with Gasteiger partial charge in [0, 0.05) is 10.8 Å². The molecule has 0 saturated carbocycles. The fourth-order valence-electron chi connectivity index (χ4n) is 1.45. The van der Waals surface area contributed by atoms with Crippen molar-refractivity contribution in [3.05, 3.63) is 41.7 Å². The third kappa shape index (κ3) is 1.32. The average Bonchev–Trinajstić information content (AvgIpc) is 2.27. The van der Waals surface area contributed by atoms with Crippen molar-refractivity contribution < 1.29 is 13.2 Å². The molecule has 0 atom stereocenters. The van der Waals surface area contributed by atoms with E-state index in [1.165, 1.54) is 24.3 Å². The summed E-state index contributed by atoms with van der Waals surface area (Å²) in [6, 6.07) is 5.69. The van der Waals surface area contributed by atoms with E-state index in [0.29, 0.717) is 0 Å². The fraction of sp³-hybridized carbons (Fsp3) is 0. The predicted octanol–water partition coefficient (Wildman–Crippen LogP) is 2.54. The molecule has 2 aromatic rings. The van der Waals surface area contributed by atoms with Gasteiger partial charge in [0.05, 0.1) is 0 Å². The van der Waals surface area contributed by atoms with E-state index in [0.717, 1.165) is 0 Å². The van der Waals surface area contributed by atoms with Crippen LogP contribution in [0.3, 0.4) is 0 Å². The summed E-state index contributed by atoms with van der Waals surface area (Å²) in [5, 5.41) is -0.115. The van der Waals surface area contributed by atoms with Crippen LogP contribution in [0.25, 0.3) is 10.8 Å². The normalized spacial score (nSPS) is 10.7. The molecule has 2 nitrogen and oxygen atoms in total. The van der Waals surface area contributed by atoms with Crippen molar-refractivity contribution in [3.63, 3.8) is 0 Å². The molecule has 0 saturated heterocycles. The zero-order valence-corrected chi connectivity index (χ0v) is 7.52. The summed E-state index contributed by atoms with van der Waals surface area (Å²) in [6.07, 6.45) is 0. The molecule has 0 heterocycles. The van der Waals surface area contributed by atoms with Gasteiger partial charge in [0.25, 0.3) is 0 Å². The monoisotopic (exact) mass is 212 g/mol. The van der Waals surface area contributed by atoms with Crippen LogP contribution in [0.2, 0.25) is 0 Å². The topological polar surface area (TPSA) is 38.0 Å². The maximum absolute atomic E-state index is 13.6. The van der Waals surface area contributed by atoms with Crippen LogP contribution in [0.4, 0.5) is 18.9 Å². The molecule has 5 heteroatoms. The highest BCUT2D eigenvalue weighted by atomic mass is 19.2. The number of rotatable bonds is 1. The van der Waals surface area contributed by atoms with Gasteiger partial charge in [-0.1, -0.05) is 24.3 Å². The van der Waals surface area contributed by atoms with E-state index >= 15 is 0 Å². The smallest absolute Gasteiger partial charge is 0.186 e. The van der Waals surface area contributed by atoms with Gasteiger partial charge in [-0.2, -0.15) is 0 Å². The van der Waals surface area contributed by atoms with Gasteiger partial charge in [0.15, 0.2) is 17.5 Å². The van der Waals surface area contributed by atoms with E-state index in [4.69, 9.17) is 5.84 Å². The first-order chi connectivity index (χ1) is 7.16. The first-order valence-corrected chi connectivity index (χ1v) is 4.18. The van der Waals surface area contributed by atoms with E-state index in [-0.39, 0.29) is 10.8 Å². The number of hydrazine groups is 1. The summed E-state index contributed by atoms with van der Waals surface area (Å²) >= 11 is 0. The van der Waals surface area contributed by atoms with E-state index in [1.807, 2.05) is 0 Å². The highest BCUT2D eigenvalue weighted by Crippen LogP contribution is 2.30. The number of nitrogen functional groups attached to an aromatic ring is 1. The van der Waals surface area contributed by atoms with Crippen LogP contribution in [-0.2, 0) is 0 Å². The van der Waals surface area contributed by atoms with E-state index in [9.17, 15) is 13.2 Å². The third-order valence-electron chi connectivity index (χ3n) is 2.18. The molecule has 2 aromatic carbocycles. The Labute approximate surface area is 83.5 Å². The second-order valence-corrected chi connectivity index (χ2v) is 3.01. The molecular formula is C10H7F3N2. The maximum atomic E-state index is 13.6. The number of hydrogen-bond donors (Lipinski definition) is 2. The highest BCUT2D eigenvalue weighted by Gasteiger charge is 2.18. The van der Waals surface area contributed by atoms with Crippen LogP contribution in [0.5, 0.6) is 0 Å². The standard InChI is InChI=1S/C10H7F3N2/c11-7-5-3-1-2-4-6(5)8(12)10(15-14)9(7)13/h1-4,15H,14H2. The van der Waals surface area contributed by atoms with Crippen molar-refractivity contribution in [1.82, 2.24) is 0 Å². The van der Waals surface area contributed by atoms with E-state index < -0.39 is 23.1 Å². The molecule has 0 radical (unpaired) electrons. The van der Waals surface area contributed by atoms with Crippen LogP contribution in [0, 0.1) is 17.5 Å². The van der Waals surface area contributed by atoms with Crippen molar-refractivity contribution in [2.75, 3.05) is 5.43 Å². The highest BCUT2D eigenvalue weighted by molar-refractivity contribution is 5.87. The molecule has 0 aromatic heterocycles. The summed E-state index contributed by atoms with van der Waals surface area (Å²) in [4.78, 5) is 0. The number of hydrogen-bond acceptors (Lipinski definition) is 2. The van der Waals surface area contributed by atoms with Crippen molar-refractivity contribution in [3.8, 4) is 0 Å². The lowest BCUT2D eigenvalue weighted by molar-refractivity contribution is 0.509. The van der Waals surface area contributed by atoms with Gasteiger partial charge in [0.2, 0.25) is 0 Å². The largest absolute Gasteiger partial charge is 0.319 e. The van der Waals surface area contributed by atoms with Crippen LogP contribution in [-0.4, -0.2) is 0 Å². The van der Waals surface area contributed by atoms with Gasteiger partial charge in [-0.15, -0.1) is 0 Å². The van der Waals surface area contributed by atoms with E-state index in [2.05, 4.69) is 0 Å². The molecule has 0 aliphatic rings. The molecule has 0 aliphatic heterocycles. The lowest BCUT2D eigenvalue weighted by atomic mass is 10.1. The molecule has 0 unspecified atom stereocenters. The Morgan fingerprint density at radius 1 is 0.867 bits per heavy atom. The zero-order chi connectivity index (χ0) is 11.0. The molecule has 2 rings (SSSR count). The molecule has 0 bridgehead atoms. The summed E-state index contributed by atoms with van der Waals surface area (Å²) < 4.78 is 40.2. The third-order valence-corrected chi connectivity index (χ3v) is 2.18. The van der Waals surface area contributed by atoms with Crippen LogP contribution >= 0.6 is 0 Å². The van der Waals surface area contributed by atoms with Crippen LogP contribution in [0.15, 0.2) is 24.3 Å². The molecule has 15 heavy (non-hydrogen) atoms. The minimum atomic E-state index is -1.31. The van der Waals surface area contributed by atoms with Crippen molar-refractivity contribution >= 4 is 16.5 Å². The Morgan fingerprint density at radius 2 is 1.40 bits per heavy atom. The summed E-state index contributed by atoms with van der Waals surface area (Å²) in [7, 11) is 0. The zero-order valence-electron chi connectivity index (χ0n) is 7.52. The van der Waals surface area contributed by atoms with Gasteiger partial charge >= 0.3 is 0 Å². The van der Waals surface area contributed by atoms with Crippen molar-refractivity contribution in [2.24, 2.45) is 5.84 Å². The molecule has 0 aliphatic carbocycles. The number of nitrogens with two attached hydrogens (primary N) is 1. The first-order valence-electron chi connectivity index (χ1n) is 4.18. The number of fused-ring (bicyclic) bond motifs is 1. The second kappa shape index (κ2) is 3.43. The fourth-order valence-corrected chi connectivity index (χ4v) is 1.45. The molecule has 0 spiro atoms. The van der Waals surface area contributed by atoms with Gasteiger partial charge < -0.3 is 5.43 Å². The van der Waals surface area contributed by atoms with E-state index in [1.54, 1.807) is 5.43 Å². The lowest BCUT2D eigenvalue weighted by Crippen LogP contribution is -2.12.